The standard InChI is InChI=1S/C14H17NO/c16-14-7-3-5-12(14)10-15-9-8-11-4-1-2-6-13(11)15/h1-2,4,6,12H,3,5,7-10H2. The van der Waals surface area contributed by atoms with Gasteiger partial charge in [-0.05, 0) is 30.9 Å². The van der Waals surface area contributed by atoms with Crippen molar-refractivity contribution in [3.8, 4) is 0 Å². The molecule has 2 heteroatoms. The number of nitrogens with zero attached hydrogens (tertiary/aromatic N) is 1. The van der Waals surface area contributed by atoms with Gasteiger partial charge in [0.1, 0.15) is 5.78 Å². The van der Waals surface area contributed by atoms with Crippen LogP contribution >= 0.6 is 0 Å². The van der Waals surface area contributed by atoms with Gasteiger partial charge in [0.05, 0.1) is 0 Å². The van der Waals surface area contributed by atoms with Crippen molar-refractivity contribution in [2.75, 3.05) is 18.0 Å². The largest absolute Gasteiger partial charge is 0.370 e. The second-order valence-corrected chi connectivity index (χ2v) is 4.88. The van der Waals surface area contributed by atoms with E-state index in [0.717, 1.165) is 38.8 Å². The van der Waals surface area contributed by atoms with Gasteiger partial charge in [0, 0.05) is 31.1 Å². The minimum atomic E-state index is 0.297. The maximum absolute atomic E-state index is 11.6. The van der Waals surface area contributed by atoms with Gasteiger partial charge in [0.25, 0.3) is 0 Å². The summed E-state index contributed by atoms with van der Waals surface area (Å²) in [7, 11) is 0. The van der Waals surface area contributed by atoms with E-state index < -0.39 is 0 Å². The van der Waals surface area contributed by atoms with Crippen molar-refractivity contribution in [2.45, 2.75) is 25.7 Å². The van der Waals surface area contributed by atoms with E-state index in [9.17, 15) is 4.79 Å². The highest BCUT2D eigenvalue weighted by atomic mass is 16.1. The molecule has 0 radical (unpaired) electrons. The van der Waals surface area contributed by atoms with E-state index in [1.165, 1.54) is 11.3 Å². The summed E-state index contributed by atoms with van der Waals surface area (Å²) in [6.45, 7) is 2.03. The fourth-order valence-electron chi connectivity index (χ4n) is 2.94. The number of benzene rings is 1. The highest BCUT2D eigenvalue weighted by Gasteiger charge is 2.28. The van der Waals surface area contributed by atoms with Crippen molar-refractivity contribution in [3.05, 3.63) is 29.8 Å². The third-order valence-electron chi connectivity index (χ3n) is 3.86. The highest BCUT2D eigenvalue weighted by molar-refractivity contribution is 5.83. The molecule has 1 aromatic rings. The lowest BCUT2D eigenvalue weighted by Crippen LogP contribution is -2.29. The number of fused-ring (bicyclic) bond motifs is 1. The second-order valence-electron chi connectivity index (χ2n) is 4.88. The minimum absolute atomic E-state index is 0.297. The van der Waals surface area contributed by atoms with E-state index in [4.69, 9.17) is 0 Å². The molecule has 16 heavy (non-hydrogen) atoms. The summed E-state index contributed by atoms with van der Waals surface area (Å²) in [5.41, 5.74) is 2.79. The van der Waals surface area contributed by atoms with Gasteiger partial charge in [-0.2, -0.15) is 0 Å². The molecule has 2 aliphatic rings. The number of anilines is 1. The summed E-state index contributed by atoms with van der Waals surface area (Å²) in [6, 6.07) is 8.57. The SMILES string of the molecule is O=C1CCCC1CN1CCc2ccccc21. The number of ketones is 1. The van der Waals surface area contributed by atoms with Gasteiger partial charge in [-0.3, -0.25) is 4.79 Å². The summed E-state index contributed by atoms with van der Waals surface area (Å²) in [6.07, 6.45) is 4.13. The average Bonchev–Trinajstić information content (AvgIpc) is 2.88. The number of para-hydroxylation sites is 1. The number of carbonyl (C=O) groups is 1. The van der Waals surface area contributed by atoms with Crippen molar-refractivity contribution >= 4 is 11.5 Å². The predicted octanol–water partition coefficient (Wildman–Crippen LogP) is 2.42. The van der Waals surface area contributed by atoms with E-state index in [1.807, 2.05) is 0 Å². The summed E-state index contributed by atoms with van der Waals surface area (Å²) in [5.74, 6) is 0.774. The van der Waals surface area contributed by atoms with Gasteiger partial charge in [-0.15, -0.1) is 0 Å². The zero-order chi connectivity index (χ0) is 11.0. The fourth-order valence-corrected chi connectivity index (χ4v) is 2.94. The molecular formula is C14H17NO. The molecule has 0 aromatic heterocycles. The highest BCUT2D eigenvalue weighted by Crippen LogP contribution is 2.30. The average molecular weight is 215 g/mol. The van der Waals surface area contributed by atoms with Crippen molar-refractivity contribution in [1.29, 1.82) is 0 Å². The number of hydrogen-bond donors (Lipinski definition) is 0. The van der Waals surface area contributed by atoms with Gasteiger partial charge in [-0.1, -0.05) is 18.2 Å². The fraction of sp³-hybridized carbons (Fsp3) is 0.500. The topological polar surface area (TPSA) is 20.3 Å². The Hall–Kier alpha value is -1.31. The molecule has 1 aliphatic heterocycles. The molecule has 0 bridgehead atoms. The van der Waals surface area contributed by atoms with Gasteiger partial charge >= 0.3 is 0 Å². The van der Waals surface area contributed by atoms with E-state index >= 15 is 0 Å². The van der Waals surface area contributed by atoms with Crippen LogP contribution in [0.15, 0.2) is 24.3 Å². The molecule has 0 amide bonds. The quantitative estimate of drug-likeness (QED) is 0.755. The Morgan fingerprint density at radius 3 is 2.94 bits per heavy atom. The zero-order valence-electron chi connectivity index (χ0n) is 9.48. The van der Waals surface area contributed by atoms with Crippen LogP contribution in [0.4, 0.5) is 5.69 Å². The second kappa shape index (κ2) is 3.93. The third-order valence-corrected chi connectivity index (χ3v) is 3.86. The Labute approximate surface area is 96.3 Å². The minimum Gasteiger partial charge on any atom is -0.370 e. The van der Waals surface area contributed by atoms with Crippen LogP contribution in [0.2, 0.25) is 0 Å². The van der Waals surface area contributed by atoms with Gasteiger partial charge in [0.15, 0.2) is 0 Å². The molecule has 1 heterocycles. The number of rotatable bonds is 2. The molecule has 0 spiro atoms. The van der Waals surface area contributed by atoms with Crippen LogP contribution in [0.5, 0.6) is 0 Å². The Kier molecular flexibility index (Phi) is 2.43. The van der Waals surface area contributed by atoms with Gasteiger partial charge in [-0.25, -0.2) is 0 Å². The Balaban J connectivity index is 1.75. The number of Topliss-reactive ketones (excluding diaryl/α,β-unsaturated/α-hetero) is 1. The first-order valence-electron chi connectivity index (χ1n) is 6.20. The predicted molar refractivity (Wildman–Crippen MR) is 64.7 cm³/mol. The van der Waals surface area contributed by atoms with E-state index in [0.29, 0.717) is 11.7 Å². The lowest BCUT2D eigenvalue weighted by atomic mass is 10.1. The molecule has 1 saturated carbocycles. The Morgan fingerprint density at radius 2 is 2.12 bits per heavy atom. The molecule has 3 rings (SSSR count). The molecule has 84 valence electrons. The van der Waals surface area contributed by atoms with Crippen molar-refractivity contribution in [1.82, 2.24) is 0 Å². The van der Waals surface area contributed by atoms with Crippen LogP contribution in [-0.4, -0.2) is 18.9 Å². The van der Waals surface area contributed by atoms with Crippen LogP contribution in [-0.2, 0) is 11.2 Å². The molecule has 1 atom stereocenters. The molecular weight excluding hydrogens is 198 g/mol. The van der Waals surface area contributed by atoms with Gasteiger partial charge in [0.2, 0.25) is 0 Å². The van der Waals surface area contributed by atoms with E-state index in [2.05, 4.69) is 29.2 Å². The first-order valence-corrected chi connectivity index (χ1v) is 6.20. The van der Waals surface area contributed by atoms with Gasteiger partial charge < -0.3 is 4.90 Å². The maximum Gasteiger partial charge on any atom is 0.137 e. The summed E-state index contributed by atoms with van der Waals surface area (Å²) in [4.78, 5) is 14.0. The Morgan fingerprint density at radius 1 is 1.25 bits per heavy atom. The zero-order valence-corrected chi connectivity index (χ0v) is 9.48. The van der Waals surface area contributed by atoms with Crippen molar-refractivity contribution in [3.63, 3.8) is 0 Å². The van der Waals surface area contributed by atoms with E-state index in [1.54, 1.807) is 0 Å². The first kappa shape index (κ1) is 9.88. The summed E-state index contributed by atoms with van der Waals surface area (Å²) < 4.78 is 0. The summed E-state index contributed by atoms with van der Waals surface area (Å²) in [5, 5.41) is 0. The normalized spacial score (nSPS) is 23.9. The Bertz CT molecular complexity index is 413. The lowest BCUT2D eigenvalue weighted by molar-refractivity contribution is -0.120. The molecule has 1 fully saturated rings. The first-order chi connectivity index (χ1) is 7.84. The third kappa shape index (κ3) is 1.62. The molecule has 0 N–H and O–H groups in total. The molecule has 1 aliphatic carbocycles. The van der Waals surface area contributed by atoms with Crippen LogP contribution in [0.1, 0.15) is 24.8 Å². The number of carbonyl (C=O) groups excluding carboxylic acids is 1. The van der Waals surface area contributed by atoms with Crippen LogP contribution in [0, 0.1) is 5.92 Å². The van der Waals surface area contributed by atoms with E-state index in [-0.39, 0.29) is 0 Å². The van der Waals surface area contributed by atoms with Crippen molar-refractivity contribution < 1.29 is 4.79 Å². The molecule has 0 saturated heterocycles. The number of hydrogen-bond acceptors (Lipinski definition) is 2. The molecule has 1 unspecified atom stereocenters. The monoisotopic (exact) mass is 215 g/mol. The maximum atomic E-state index is 11.6. The van der Waals surface area contributed by atoms with Crippen LogP contribution in [0.25, 0.3) is 0 Å². The summed E-state index contributed by atoms with van der Waals surface area (Å²) >= 11 is 0. The molecule has 2 nitrogen and oxygen atoms in total. The van der Waals surface area contributed by atoms with Crippen LogP contribution in [0.3, 0.4) is 0 Å². The van der Waals surface area contributed by atoms with Crippen LogP contribution < -0.4 is 4.90 Å². The smallest absolute Gasteiger partial charge is 0.137 e. The molecule has 1 aromatic carbocycles. The lowest BCUT2D eigenvalue weighted by Gasteiger charge is -2.22. The van der Waals surface area contributed by atoms with Crippen molar-refractivity contribution in [2.24, 2.45) is 5.92 Å².